The van der Waals surface area contributed by atoms with E-state index in [-0.39, 0.29) is 40.8 Å². The number of fused-ring (bicyclic) bond motifs is 4. The van der Waals surface area contributed by atoms with Crippen molar-refractivity contribution in [1.82, 2.24) is 20.2 Å². The minimum Gasteiger partial charge on any atom is -0.490 e. The van der Waals surface area contributed by atoms with Crippen LogP contribution in [-0.4, -0.2) is 76.4 Å². The van der Waals surface area contributed by atoms with Gasteiger partial charge in [-0.25, -0.2) is 9.97 Å². The highest BCUT2D eigenvalue weighted by molar-refractivity contribution is 5.95. The Morgan fingerprint density at radius 1 is 0.926 bits per heavy atom. The van der Waals surface area contributed by atoms with Gasteiger partial charge < -0.3 is 20.1 Å². The third-order valence-electron chi connectivity index (χ3n) is 13.4. The molecule has 15 heteroatoms. The lowest BCUT2D eigenvalue weighted by atomic mass is 9.61. The molecule has 1 saturated heterocycles. The molecule has 2 N–H and O–H groups in total. The maximum atomic E-state index is 14.6. The number of nitrogens with one attached hydrogen (secondary N) is 1. The number of benzene rings is 1. The molecule has 54 heavy (non-hydrogen) atoms. The Morgan fingerprint density at radius 3 is 2.24 bits per heavy atom. The number of ether oxygens (including phenoxy) is 1. The SMILES string of the molecule is O=C(NC1CC2CC(C1)CC(C(=O)O)C2)c1cnc(N2CC3(CCCCC3)c3cc(OC4CC5(CCN(CC(F)(F)F)CC5)C4)ccc32)nc1C(F)(F)F. The van der Waals surface area contributed by atoms with Crippen molar-refractivity contribution in [2.45, 2.75) is 120 Å². The Hall–Kier alpha value is -3.62. The van der Waals surface area contributed by atoms with Crippen LogP contribution in [0.15, 0.2) is 24.4 Å². The fraction of sp³-hybridized carbons (Fsp3) is 0.692. The lowest BCUT2D eigenvalue weighted by Gasteiger charge is -2.51. The summed E-state index contributed by atoms with van der Waals surface area (Å²) in [7, 11) is 0. The van der Waals surface area contributed by atoms with E-state index in [0.717, 1.165) is 63.1 Å². The van der Waals surface area contributed by atoms with Crippen LogP contribution < -0.4 is 15.0 Å². The van der Waals surface area contributed by atoms with Gasteiger partial charge in [0.2, 0.25) is 5.95 Å². The number of alkyl halides is 6. The van der Waals surface area contributed by atoms with Gasteiger partial charge in [-0.2, -0.15) is 26.3 Å². The largest absolute Gasteiger partial charge is 0.490 e. The summed E-state index contributed by atoms with van der Waals surface area (Å²) in [5, 5.41) is 12.3. The molecule has 8 rings (SSSR count). The fourth-order valence-electron chi connectivity index (χ4n) is 10.9. The minimum atomic E-state index is -4.92. The van der Waals surface area contributed by atoms with E-state index >= 15 is 0 Å². The van der Waals surface area contributed by atoms with Gasteiger partial charge in [0.1, 0.15) is 5.75 Å². The normalized spacial score (nSPS) is 28.1. The summed E-state index contributed by atoms with van der Waals surface area (Å²) < 4.78 is 88.9. The number of piperidine rings is 1. The van der Waals surface area contributed by atoms with Crippen molar-refractivity contribution in [3.8, 4) is 5.75 Å². The first-order chi connectivity index (χ1) is 25.6. The molecule has 4 saturated carbocycles. The molecule has 2 bridgehead atoms. The molecule has 6 aliphatic rings. The summed E-state index contributed by atoms with van der Waals surface area (Å²) in [5.74, 6) is -1.39. The molecule has 0 radical (unpaired) electrons. The summed E-state index contributed by atoms with van der Waals surface area (Å²) in [6.45, 7) is 0.368. The van der Waals surface area contributed by atoms with Crippen molar-refractivity contribution in [2.75, 3.05) is 31.1 Å². The van der Waals surface area contributed by atoms with E-state index in [1.807, 2.05) is 18.2 Å². The molecular weight excluding hydrogens is 716 g/mol. The van der Waals surface area contributed by atoms with Crippen LogP contribution in [0.2, 0.25) is 0 Å². The Kier molecular flexibility index (Phi) is 9.56. The molecule has 2 aliphatic heterocycles. The number of rotatable bonds is 7. The first-order valence-corrected chi connectivity index (χ1v) is 19.4. The minimum absolute atomic E-state index is 0.00247. The van der Waals surface area contributed by atoms with Crippen LogP contribution in [0.25, 0.3) is 0 Å². The lowest BCUT2D eigenvalue weighted by molar-refractivity contribution is -0.155. The molecule has 294 valence electrons. The topological polar surface area (TPSA) is 108 Å². The quantitative estimate of drug-likeness (QED) is 0.273. The molecule has 1 aromatic carbocycles. The first kappa shape index (κ1) is 37.3. The van der Waals surface area contributed by atoms with Crippen molar-refractivity contribution >= 4 is 23.5 Å². The average molecular weight is 764 g/mol. The highest BCUT2D eigenvalue weighted by Gasteiger charge is 2.50. The summed E-state index contributed by atoms with van der Waals surface area (Å²) in [6.07, 6.45) is 2.44. The number of carboxylic acid groups (broad SMARTS) is 1. The first-order valence-electron chi connectivity index (χ1n) is 19.4. The van der Waals surface area contributed by atoms with Crippen molar-refractivity contribution in [2.24, 2.45) is 23.2 Å². The number of hydrogen-bond acceptors (Lipinski definition) is 7. The Labute approximate surface area is 310 Å². The van der Waals surface area contributed by atoms with Gasteiger partial charge in [-0.05, 0) is 125 Å². The van der Waals surface area contributed by atoms with Gasteiger partial charge in [0.15, 0.2) is 5.69 Å². The van der Waals surface area contributed by atoms with E-state index < -0.39 is 47.9 Å². The number of aromatic nitrogens is 2. The van der Waals surface area contributed by atoms with E-state index in [1.54, 1.807) is 4.90 Å². The molecule has 4 aliphatic carbocycles. The Balaban J connectivity index is 0.980. The van der Waals surface area contributed by atoms with Gasteiger partial charge in [-0.15, -0.1) is 0 Å². The Bertz CT molecular complexity index is 1730. The molecular formula is C39H47F6N5O4. The monoisotopic (exact) mass is 763 g/mol. The molecule has 1 aromatic heterocycles. The zero-order valence-corrected chi connectivity index (χ0v) is 30.2. The number of halogens is 6. The summed E-state index contributed by atoms with van der Waals surface area (Å²) in [5.41, 5.74) is -0.546. The molecule has 2 spiro atoms. The van der Waals surface area contributed by atoms with Gasteiger partial charge >= 0.3 is 18.3 Å². The third kappa shape index (κ3) is 7.49. The molecule has 3 heterocycles. The average Bonchev–Trinajstić information content (AvgIpc) is 3.39. The smallest absolute Gasteiger partial charge is 0.434 e. The van der Waals surface area contributed by atoms with E-state index in [1.165, 1.54) is 4.90 Å². The predicted octanol–water partition coefficient (Wildman–Crippen LogP) is 8.04. The second-order valence-electron chi connectivity index (χ2n) is 17.2. The number of aliphatic carboxylic acids is 1. The third-order valence-corrected chi connectivity index (χ3v) is 13.4. The van der Waals surface area contributed by atoms with Crippen molar-refractivity contribution in [3.63, 3.8) is 0 Å². The zero-order chi connectivity index (χ0) is 38.0. The highest BCUT2D eigenvalue weighted by atomic mass is 19.4. The van der Waals surface area contributed by atoms with Gasteiger partial charge in [-0.1, -0.05) is 19.3 Å². The maximum Gasteiger partial charge on any atom is 0.434 e. The van der Waals surface area contributed by atoms with E-state index in [9.17, 15) is 41.0 Å². The van der Waals surface area contributed by atoms with Gasteiger partial charge in [0, 0.05) is 29.9 Å². The number of anilines is 2. The summed E-state index contributed by atoms with van der Waals surface area (Å²) in [4.78, 5) is 36.6. The molecule has 2 atom stereocenters. The summed E-state index contributed by atoms with van der Waals surface area (Å²) in [6, 6.07) is 5.31. The molecule has 9 nitrogen and oxygen atoms in total. The zero-order valence-electron chi connectivity index (χ0n) is 30.2. The second kappa shape index (κ2) is 13.8. The second-order valence-corrected chi connectivity index (χ2v) is 17.2. The summed E-state index contributed by atoms with van der Waals surface area (Å²) >= 11 is 0. The van der Waals surface area contributed by atoms with Crippen LogP contribution in [0.1, 0.15) is 112 Å². The number of amides is 1. The van der Waals surface area contributed by atoms with E-state index in [4.69, 9.17) is 4.74 Å². The number of carboxylic acids is 1. The maximum absolute atomic E-state index is 14.6. The van der Waals surface area contributed by atoms with Gasteiger partial charge in [-0.3, -0.25) is 14.5 Å². The highest BCUT2D eigenvalue weighted by Crippen LogP contribution is 2.54. The van der Waals surface area contributed by atoms with Crippen LogP contribution in [0, 0.1) is 23.2 Å². The van der Waals surface area contributed by atoms with Crippen LogP contribution in [0.3, 0.4) is 0 Å². The number of carbonyl (C=O) groups is 2. The molecule has 5 fully saturated rings. The van der Waals surface area contributed by atoms with Gasteiger partial charge in [0.25, 0.3) is 5.91 Å². The number of hydrogen-bond donors (Lipinski definition) is 2. The van der Waals surface area contributed by atoms with Crippen LogP contribution >= 0.6 is 0 Å². The van der Waals surface area contributed by atoms with Crippen LogP contribution in [0.4, 0.5) is 38.0 Å². The van der Waals surface area contributed by atoms with Crippen molar-refractivity contribution in [1.29, 1.82) is 0 Å². The fourth-order valence-corrected chi connectivity index (χ4v) is 10.9. The van der Waals surface area contributed by atoms with Crippen molar-refractivity contribution in [3.05, 3.63) is 41.2 Å². The molecule has 2 unspecified atom stereocenters. The van der Waals surface area contributed by atoms with E-state index in [0.29, 0.717) is 69.6 Å². The van der Waals surface area contributed by atoms with Crippen LogP contribution in [0.5, 0.6) is 5.75 Å². The lowest BCUT2D eigenvalue weighted by Crippen LogP contribution is -2.52. The predicted molar refractivity (Wildman–Crippen MR) is 186 cm³/mol. The van der Waals surface area contributed by atoms with E-state index in [2.05, 4.69) is 15.3 Å². The molecule has 1 amide bonds. The number of nitrogens with zero attached hydrogens (tertiary/aromatic N) is 4. The number of carbonyl (C=O) groups excluding carboxylic acids is 1. The van der Waals surface area contributed by atoms with Crippen molar-refractivity contribution < 1.29 is 45.8 Å². The Morgan fingerprint density at radius 2 is 1.61 bits per heavy atom. The standard InChI is InChI=1S/C39H47F6N5O4/c40-38(41,42)22-49-10-8-36(9-11-49)18-28(19-36)54-27-4-5-31-30(17-27)37(6-2-1-3-7-37)21-50(31)35-46-20-29(32(48-35)39(43,44)45)33(51)47-26-15-23-12-24(16-26)14-25(13-23)34(52)53/h4-5,17,20,23-26,28H,1-3,6-16,18-19,21-22H2,(H,47,51)(H,52,53). The molecule has 2 aromatic rings. The number of likely N-dealkylation sites (tertiary alicyclic amines) is 1. The van der Waals surface area contributed by atoms with Gasteiger partial charge in [0.05, 0.1) is 24.1 Å². The van der Waals surface area contributed by atoms with Crippen LogP contribution in [-0.2, 0) is 16.4 Å².